The molecule has 0 spiro atoms. The Morgan fingerprint density at radius 2 is 1.45 bits per heavy atom. The number of esters is 1. The van der Waals surface area contributed by atoms with E-state index in [1.54, 1.807) is 0 Å². The van der Waals surface area contributed by atoms with Crippen LogP contribution >= 0.6 is 0 Å². The molecular formula is C26H24F3N2O2+. The van der Waals surface area contributed by atoms with E-state index in [-0.39, 0.29) is 10.5 Å². The number of hydrogen-bond acceptors (Lipinski definition) is 3. The number of carbonyl (C=O) groups is 1. The van der Waals surface area contributed by atoms with Gasteiger partial charge in [-0.25, -0.2) is 9.28 Å². The molecule has 3 atom stereocenters. The number of amidine groups is 1. The number of carbonyl (C=O) groups excluding carboxylic acids is 1. The summed E-state index contributed by atoms with van der Waals surface area (Å²) in [5, 5.41) is 0. The lowest BCUT2D eigenvalue weighted by Crippen LogP contribution is -2.57. The van der Waals surface area contributed by atoms with Gasteiger partial charge in [-0.1, -0.05) is 78.9 Å². The summed E-state index contributed by atoms with van der Waals surface area (Å²) in [5.41, 5.74) is 1.36. The van der Waals surface area contributed by atoms with Gasteiger partial charge in [0.25, 0.3) is 0 Å². The van der Waals surface area contributed by atoms with Crippen LogP contribution in [0.2, 0.25) is 0 Å². The van der Waals surface area contributed by atoms with Gasteiger partial charge in [-0.05, 0) is 31.5 Å². The second kappa shape index (κ2) is 8.48. The average Bonchev–Trinajstić information content (AvgIpc) is 3.09. The molecule has 4 nitrogen and oxygen atoms in total. The van der Waals surface area contributed by atoms with Crippen molar-refractivity contribution in [1.82, 2.24) is 4.48 Å². The second-order valence-corrected chi connectivity index (χ2v) is 8.13. The standard InChI is InChI=1S/C26H24F3N2O2/c1-3-31(21-17-11-6-12-18-21)22(19-13-7-4-8-14-19)25(2,20-15-9-5-10-16-20)30-24(31)33-23(32)26(27,28)29/h4-18,22H,3H2,1-2H3/q+1/t22-,25+,31?/m1/s1. The maximum absolute atomic E-state index is 13.3. The quantitative estimate of drug-likeness (QED) is 0.351. The molecule has 0 saturated heterocycles. The maximum atomic E-state index is 13.3. The van der Waals surface area contributed by atoms with E-state index in [4.69, 9.17) is 9.73 Å². The van der Waals surface area contributed by atoms with Crippen LogP contribution in [0.3, 0.4) is 0 Å². The number of hydrogen-bond donors (Lipinski definition) is 0. The Morgan fingerprint density at radius 1 is 0.939 bits per heavy atom. The molecule has 1 heterocycles. The fourth-order valence-electron chi connectivity index (χ4n) is 4.80. The third-order valence-corrected chi connectivity index (χ3v) is 6.25. The van der Waals surface area contributed by atoms with Gasteiger partial charge in [-0.15, -0.1) is 0 Å². The molecule has 0 aliphatic carbocycles. The Bertz CT molecular complexity index is 1150. The summed E-state index contributed by atoms with van der Waals surface area (Å²) < 4.78 is 44.7. The van der Waals surface area contributed by atoms with Crippen molar-refractivity contribution in [1.29, 1.82) is 0 Å². The van der Waals surface area contributed by atoms with E-state index >= 15 is 0 Å². The molecule has 0 bridgehead atoms. The molecule has 0 amide bonds. The first-order valence-electron chi connectivity index (χ1n) is 10.7. The number of likely N-dealkylation sites (N-methyl/N-ethyl adjacent to an activating group) is 1. The number of benzene rings is 3. The number of aliphatic imine (C=N–C) groups is 1. The third kappa shape index (κ3) is 3.82. The lowest BCUT2D eigenvalue weighted by atomic mass is 9.80. The largest absolute Gasteiger partial charge is 0.491 e. The molecule has 4 rings (SSSR count). The highest BCUT2D eigenvalue weighted by Crippen LogP contribution is 2.53. The molecule has 1 aliphatic heterocycles. The van der Waals surface area contributed by atoms with Crippen molar-refractivity contribution in [3.8, 4) is 0 Å². The molecule has 7 heteroatoms. The van der Waals surface area contributed by atoms with Gasteiger partial charge in [0.05, 0.1) is 6.54 Å². The lowest BCUT2D eigenvalue weighted by molar-refractivity contribution is -0.191. The average molecular weight is 453 g/mol. The van der Waals surface area contributed by atoms with Gasteiger partial charge < -0.3 is 4.74 Å². The highest BCUT2D eigenvalue weighted by Gasteiger charge is 2.63. The number of quaternary nitrogens is 1. The van der Waals surface area contributed by atoms with Gasteiger partial charge in [-0.2, -0.15) is 18.2 Å². The minimum absolute atomic E-state index is 0.169. The minimum Gasteiger partial charge on any atom is -0.356 e. The second-order valence-electron chi connectivity index (χ2n) is 8.13. The van der Waals surface area contributed by atoms with Crippen molar-refractivity contribution in [2.24, 2.45) is 4.99 Å². The summed E-state index contributed by atoms with van der Waals surface area (Å²) in [6, 6.07) is 27.3. The zero-order valence-electron chi connectivity index (χ0n) is 18.3. The van der Waals surface area contributed by atoms with Gasteiger partial charge in [0, 0.05) is 5.56 Å². The minimum atomic E-state index is -5.14. The van der Waals surface area contributed by atoms with Crippen molar-refractivity contribution in [2.75, 3.05) is 6.54 Å². The molecule has 3 aromatic rings. The number of rotatable bonds is 4. The molecule has 33 heavy (non-hydrogen) atoms. The Kier molecular flexibility index (Phi) is 5.84. The van der Waals surface area contributed by atoms with E-state index in [2.05, 4.69) is 0 Å². The summed E-state index contributed by atoms with van der Waals surface area (Å²) in [6.45, 7) is 4.05. The van der Waals surface area contributed by atoms with Crippen LogP contribution in [0.1, 0.15) is 31.0 Å². The third-order valence-electron chi connectivity index (χ3n) is 6.25. The van der Waals surface area contributed by atoms with Crippen molar-refractivity contribution in [2.45, 2.75) is 31.6 Å². The fraction of sp³-hybridized carbons (Fsp3) is 0.231. The molecule has 0 radical (unpaired) electrons. The van der Waals surface area contributed by atoms with E-state index in [1.807, 2.05) is 105 Å². The lowest BCUT2D eigenvalue weighted by Gasteiger charge is -2.41. The van der Waals surface area contributed by atoms with Crippen LogP contribution in [0.15, 0.2) is 96.0 Å². The molecule has 0 aromatic heterocycles. The zero-order chi connectivity index (χ0) is 23.7. The molecule has 0 N–H and O–H groups in total. The van der Waals surface area contributed by atoms with Crippen LogP contribution in [0.5, 0.6) is 0 Å². The topological polar surface area (TPSA) is 38.7 Å². The monoisotopic (exact) mass is 453 g/mol. The zero-order valence-corrected chi connectivity index (χ0v) is 18.3. The first-order valence-corrected chi connectivity index (χ1v) is 10.7. The van der Waals surface area contributed by atoms with Crippen LogP contribution in [-0.2, 0) is 15.1 Å². The van der Waals surface area contributed by atoms with Crippen molar-refractivity contribution in [3.63, 3.8) is 0 Å². The van der Waals surface area contributed by atoms with Crippen LogP contribution in [0, 0.1) is 0 Å². The smallest absolute Gasteiger partial charge is 0.356 e. The molecular weight excluding hydrogens is 429 g/mol. The number of halogens is 3. The highest BCUT2D eigenvalue weighted by atomic mass is 19.4. The summed E-state index contributed by atoms with van der Waals surface area (Å²) in [6.07, 6.45) is -5.14. The first-order chi connectivity index (χ1) is 15.7. The normalized spacial score (nSPS) is 24.9. The SMILES string of the molecule is CC[N+]1(c2ccccc2)C(OC(=O)C(F)(F)F)=N[C@@](C)(c2ccccc2)[C@H]1c1ccccc1. The van der Waals surface area contributed by atoms with Gasteiger partial charge in [0.15, 0.2) is 6.04 Å². The molecule has 1 unspecified atom stereocenters. The predicted molar refractivity (Wildman–Crippen MR) is 121 cm³/mol. The Labute approximate surface area is 190 Å². The van der Waals surface area contributed by atoms with E-state index in [9.17, 15) is 18.0 Å². The summed E-state index contributed by atoms with van der Waals surface area (Å²) in [4.78, 5) is 16.8. The molecule has 0 fully saturated rings. The summed E-state index contributed by atoms with van der Waals surface area (Å²) in [7, 11) is 0. The van der Waals surface area contributed by atoms with Gasteiger partial charge in [-0.3, -0.25) is 0 Å². The van der Waals surface area contributed by atoms with Crippen LogP contribution in [0.25, 0.3) is 0 Å². The Hall–Kier alpha value is -3.45. The van der Waals surface area contributed by atoms with E-state index < -0.39 is 23.7 Å². The van der Waals surface area contributed by atoms with Gasteiger partial charge in [0.2, 0.25) is 0 Å². The molecule has 170 valence electrons. The van der Waals surface area contributed by atoms with Crippen LogP contribution in [-0.4, -0.2) is 24.7 Å². The Morgan fingerprint density at radius 3 is 1.97 bits per heavy atom. The fourth-order valence-corrected chi connectivity index (χ4v) is 4.80. The molecule has 3 aromatic carbocycles. The summed E-state index contributed by atoms with van der Waals surface area (Å²) in [5.74, 6) is -2.28. The molecule has 1 aliphatic rings. The number of para-hydroxylation sites is 1. The number of alkyl halides is 3. The van der Waals surface area contributed by atoms with Crippen LogP contribution < -0.4 is 4.48 Å². The van der Waals surface area contributed by atoms with E-state index in [0.29, 0.717) is 12.2 Å². The Balaban J connectivity index is 2.02. The highest BCUT2D eigenvalue weighted by molar-refractivity contribution is 5.98. The van der Waals surface area contributed by atoms with Crippen molar-refractivity contribution < 1.29 is 22.7 Å². The van der Waals surface area contributed by atoms with E-state index in [1.165, 1.54) is 0 Å². The van der Waals surface area contributed by atoms with E-state index in [0.717, 1.165) is 11.1 Å². The number of ether oxygens (including phenoxy) is 1. The number of nitrogens with zero attached hydrogens (tertiary/aromatic N) is 2. The van der Waals surface area contributed by atoms with Crippen molar-refractivity contribution >= 4 is 17.7 Å². The molecule has 0 saturated carbocycles. The summed E-state index contributed by atoms with van der Waals surface area (Å²) >= 11 is 0. The maximum Gasteiger partial charge on any atom is 0.491 e. The van der Waals surface area contributed by atoms with Crippen LogP contribution in [0.4, 0.5) is 18.9 Å². The van der Waals surface area contributed by atoms with Gasteiger partial charge >= 0.3 is 18.2 Å². The van der Waals surface area contributed by atoms with Gasteiger partial charge in [0.1, 0.15) is 11.2 Å². The first kappa shape index (κ1) is 22.7. The predicted octanol–water partition coefficient (Wildman–Crippen LogP) is 6.15. The van der Waals surface area contributed by atoms with Crippen molar-refractivity contribution in [3.05, 3.63) is 102 Å².